The summed E-state index contributed by atoms with van der Waals surface area (Å²) in [5.41, 5.74) is 1.94. The number of fused-ring (bicyclic) bond motifs is 1. The molecule has 0 radical (unpaired) electrons. The lowest BCUT2D eigenvalue weighted by Gasteiger charge is -2.35. The summed E-state index contributed by atoms with van der Waals surface area (Å²) in [6.45, 7) is 1.66. The topological polar surface area (TPSA) is 95.2 Å². The third-order valence-corrected chi connectivity index (χ3v) is 5.41. The summed E-state index contributed by atoms with van der Waals surface area (Å²) in [5.74, 6) is 2.40. The van der Waals surface area contributed by atoms with Gasteiger partial charge in [0, 0.05) is 37.1 Å². The first-order valence-corrected chi connectivity index (χ1v) is 9.48. The molecule has 142 valence electrons. The molecule has 1 atom stereocenters. The summed E-state index contributed by atoms with van der Waals surface area (Å²) in [4.78, 5) is 18.5. The lowest BCUT2D eigenvalue weighted by Crippen LogP contribution is -2.37. The van der Waals surface area contributed by atoms with Crippen molar-refractivity contribution < 1.29 is 5.11 Å². The van der Waals surface area contributed by atoms with Gasteiger partial charge in [-0.3, -0.25) is 0 Å². The van der Waals surface area contributed by atoms with Crippen molar-refractivity contribution in [1.29, 1.82) is 0 Å². The predicted octanol–water partition coefficient (Wildman–Crippen LogP) is 2.46. The first-order valence-electron chi connectivity index (χ1n) is 9.48. The molecule has 0 bridgehead atoms. The van der Waals surface area contributed by atoms with Gasteiger partial charge in [-0.1, -0.05) is 30.3 Å². The Hall–Kier alpha value is -3.26. The fraction of sp³-hybridized carbons (Fsp3) is 0.300. The zero-order chi connectivity index (χ0) is 18.9. The Bertz CT molecular complexity index is 1050. The molecular formula is C20H21N7O. The monoisotopic (exact) mass is 375 g/mol. The smallest absolute Gasteiger partial charge is 0.254 e. The minimum absolute atomic E-state index is 0.184. The van der Waals surface area contributed by atoms with Crippen LogP contribution >= 0.6 is 0 Å². The van der Waals surface area contributed by atoms with Crippen molar-refractivity contribution in [3.8, 4) is 11.3 Å². The molecular weight excluding hydrogens is 354 g/mol. The van der Waals surface area contributed by atoms with E-state index in [4.69, 9.17) is 0 Å². The largest absolute Gasteiger partial charge is 0.385 e. The van der Waals surface area contributed by atoms with Gasteiger partial charge in [0.25, 0.3) is 5.78 Å². The zero-order valence-electron chi connectivity index (χ0n) is 15.3. The van der Waals surface area contributed by atoms with Crippen LogP contribution in [0.25, 0.3) is 17.0 Å². The van der Waals surface area contributed by atoms with Gasteiger partial charge in [-0.15, -0.1) is 0 Å². The number of aromatic nitrogens is 6. The molecule has 1 saturated heterocycles. The van der Waals surface area contributed by atoms with E-state index >= 15 is 0 Å². The molecule has 5 rings (SSSR count). The maximum atomic E-state index is 10.6. The van der Waals surface area contributed by atoms with Crippen molar-refractivity contribution in [2.24, 2.45) is 5.92 Å². The van der Waals surface area contributed by atoms with Gasteiger partial charge in [-0.25, -0.2) is 9.97 Å². The fourth-order valence-electron chi connectivity index (χ4n) is 3.89. The van der Waals surface area contributed by atoms with Gasteiger partial charge in [-0.05, 0) is 18.8 Å². The Balaban J connectivity index is 1.41. The van der Waals surface area contributed by atoms with E-state index in [0.29, 0.717) is 11.6 Å². The van der Waals surface area contributed by atoms with E-state index < -0.39 is 6.10 Å². The first kappa shape index (κ1) is 16.9. The second kappa shape index (κ2) is 7.05. The number of nitrogens with zero attached hydrogens (tertiary/aromatic N) is 6. The van der Waals surface area contributed by atoms with E-state index in [0.717, 1.165) is 43.0 Å². The molecule has 0 spiro atoms. The number of aliphatic hydroxyl groups excluding tert-OH is 1. The van der Waals surface area contributed by atoms with E-state index in [1.807, 2.05) is 30.3 Å². The van der Waals surface area contributed by atoms with E-state index in [-0.39, 0.29) is 5.92 Å². The van der Waals surface area contributed by atoms with E-state index in [9.17, 15) is 5.11 Å². The molecule has 1 aliphatic heterocycles. The number of benzene rings is 1. The molecule has 1 aromatic carbocycles. The zero-order valence-corrected chi connectivity index (χ0v) is 15.3. The summed E-state index contributed by atoms with van der Waals surface area (Å²) < 4.78 is 1.79. The molecule has 1 unspecified atom stereocenters. The van der Waals surface area contributed by atoms with Gasteiger partial charge < -0.3 is 15.0 Å². The number of H-pyrrole nitrogens is 1. The number of rotatable bonds is 4. The normalized spacial score (nSPS) is 16.5. The van der Waals surface area contributed by atoms with E-state index in [2.05, 4.69) is 36.0 Å². The number of nitrogens with one attached hydrogen (secondary N) is 1. The minimum atomic E-state index is -0.555. The van der Waals surface area contributed by atoms with Gasteiger partial charge in [0.2, 0.25) is 0 Å². The number of aromatic amines is 1. The lowest BCUT2D eigenvalue weighted by molar-refractivity contribution is 0.0855. The van der Waals surface area contributed by atoms with Crippen LogP contribution in [-0.4, -0.2) is 47.7 Å². The maximum absolute atomic E-state index is 10.6. The SMILES string of the molecule is OC(c1ncc[nH]1)C1CCN(c2cc(-c3ccccc3)nc3ncnn23)CC1. The van der Waals surface area contributed by atoms with E-state index in [1.54, 1.807) is 16.9 Å². The molecule has 8 heteroatoms. The highest BCUT2D eigenvalue weighted by atomic mass is 16.3. The molecule has 0 saturated carbocycles. The molecule has 2 N–H and O–H groups in total. The highest BCUT2D eigenvalue weighted by Gasteiger charge is 2.29. The Morgan fingerprint density at radius 3 is 2.68 bits per heavy atom. The van der Waals surface area contributed by atoms with Crippen LogP contribution in [0.3, 0.4) is 0 Å². The van der Waals surface area contributed by atoms with Gasteiger partial charge in [-0.2, -0.15) is 14.6 Å². The summed E-state index contributed by atoms with van der Waals surface area (Å²) in [7, 11) is 0. The quantitative estimate of drug-likeness (QED) is 0.569. The number of anilines is 1. The van der Waals surface area contributed by atoms with E-state index in [1.165, 1.54) is 6.33 Å². The minimum Gasteiger partial charge on any atom is -0.385 e. The van der Waals surface area contributed by atoms with Crippen molar-refractivity contribution in [2.45, 2.75) is 18.9 Å². The van der Waals surface area contributed by atoms with Crippen molar-refractivity contribution >= 4 is 11.6 Å². The van der Waals surface area contributed by atoms with Crippen LogP contribution in [-0.2, 0) is 0 Å². The van der Waals surface area contributed by atoms with Crippen LogP contribution in [0.5, 0.6) is 0 Å². The van der Waals surface area contributed by atoms with Gasteiger partial charge in [0.1, 0.15) is 24.1 Å². The van der Waals surface area contributed by atoms with Crippen molar-refractivity contribution in [2.75, 3.05) is 18.0 Å². The van der Waals surface area contributed by atoms with Crippen molar-refractivity contribution in [3.63, 3.8) is 0 Å². The molecule has 4 aromatic rings. The summed E-state index contributed by atoms with van der Waals surface area (Å²) >= 11 is 0. The molecule has 1 fully saturated rings. The van der Waals surface area contributed by atoms with Crippen molar-refractivity contribution in [3.05, 3.63) is 60.9 Å². The number of piperidine rings is 1. The molecule has 3 aromatic heterocycles. The summed E-state index contributed by atoms with van der Waals surface area (Å²) in [5, 5.41) is 14.9. The maximum Gasteiger partial charge on any atom is 0.254 e. The number of hydrogen-bond acceptors (Lipinski definition) is 6. The number of imidazole rings is 1. The summed E-state index contributed by atoms with van der Waals surface area (Å²) in [6, 6.07) is 12.2. The number of aliphatic hydroxyl groups is 1. The highest BCUT2D eigenvalue weighted by molar-refractivity contribution is 5.65. The summed E-state index contributed by atoms with van der Waals surface area (Å²) in [6.07, 6.45) is 6.16. The third-order valence-electron chi connectivity index (χ3n) is 5.41. The van der Waals surface area contributed by atoms with Crippen LogP contribution in [0.1, 0.15) is 24.8 Å². The first-order chi connectivity index (χ1) is 13.8. The molecule has 0 amide bonds. The molecule has 4 heterocycles. The van der Waals surface area contributed by atoms with Gasteiger partial charge in [0.05, 0.1) is 5.69 Å². The Labute approximate surface area is 161 Å². The number of hydrogen-bond donors (Lipinski definition) is 2. The van der Waals surface area contributed by atoms with Crippen LogP contribution in [0.2, 0.25) is 0 Å². The van der Waals surface area contributed by atoms with Crippen LogP contribution < -0.4 is 4.90 Å². The standard InChI is InChI=1S/C20H21N7O/c28-18(19-21-8-9-22-19)15-6-10-26(11-7-15)17-12-16(14-4-2-1-3-5-14)25-20-23-13-24-27(17)20/h1-5,8-9,12-13,15,18,28H,6-7,10-11H2,(H,21,22). The Morgan fingerprint density at radius 1 is 1.11 bits per heavy atom. The van der Waals surface area contributed by atoms with Crippen LogP contribution in [0.4, 0.5) is 5.82 Å². The van der Waals surface area contributed by atoms with Crippen LogP contribution in [0, 0.1) is 5.92 Å². The second-order valence-electron chi connectivity index (χ2n) is 7.08. The third kappa shape index (κ3) is 3.01. The highest BCUT2D eigenvalue weighted by Crippen LogP contribution is 2.32. The average molecular weight is 375 g/mol. The molecule has 0 aliphatic carbocycles. The lowest BCUT2D eigenvalue weighted by atomic mass is 9.91. The fourth-order valence-corrected chi connectivity index (χ4v) is 3.89. The average Bonchev–Trinajstić information content (AvgIpc) is 3.45. The molecule has 8 nitrogen and oxygen atoms in total. The molecule has 28 heavy (non-hydrogen) atoms. The van der Waals surface area contributed by atoms with Gasteiger partial charge in [0.15, 0.2) is 0 Å². The predicted molar refractivity (Wildman–Crippen MR) is 105 cm³/mol. The second-order valence-corrected chi connectivity index (χ2v) is 7.08. The Morgan fingerprint density at radius 2 is 1.93 bits per heavy atom. The Kier molecular flexibility index (Phi) is 4.25. The van der Waals surface area contributed by atoms with Crippen LogP contribution in [0.15, 0.2) is 55.1 Å². The van der Waals surface area contributed by atoms with Gasteiger partial charge >= 0.3 is 0 Å². The van der Waals surface area contributed by atoms with Crippen molar-refractivity contribution in [1.82, 2.24) is 29.5 Å². The molecule has 1 aliphatic rings.